The van der Waals surface area contributed by atoms with Crippen LogP contribution >= 0.6 is 0 Å². The highest BCUT2D eigenvalue weighted by Crippen LogP contribution is 2.40. The van der Waals surface area contributed by atoms with Crippen LogP contribution in [0.15, 0.2) is 18.2 Å². The predicted molar refractivity (Wildman–Crippen MR) is 82.3 cm³/mol. The number of hydrogen-bond acceptors (Lipinski definition) is 2. The summed E-state index contributed by atoms with van der Waals surface area (Å²) in [5.74, 6) is 0. The number of rotatable bonds is 3. The normalized spacial score (nSPS) is 25.4. The van der Waals surface area contributed by atoms with Crippen LogP contribution in [0.5, 0.6) is 0 Å². The molecule has 1 saturated heterocycles. The molecular weight excluding hydrogens is 386 g/mol. The summed E-state index contributed by atoms with van der Waals surface area (Å²) < 4.78 is 106. The highest BCUT2D eigenvalue weighted by molar-refractivity contribution is 7.87. The minimum Gasteiger partial charge on any atom is -0.195 e. The van der Waals surface area contributed by atoms with Gasteiger partial charge in [-0.3, -0.25) is 0 Å². The van der Waals surface area contributed by atoms with Crippen LogP contribution in [0.3, 0.4) is 0 Å². The zero-order chi connectivity index (χ0) is 20.1. The zero-order valence-electron chi connectivity index (χ0n) is 14.1. The van der Waals surface area contributed by atoms with Crippen molar-refractivity contribution in [3.63, 3.8) is 0 Å². The molecule has 1 aliphatic rings. The minimum atomic E-state index is -4.99. The van der Waals surface area contributed by atoms with Crippen molar-refractivity contribution in [1.82, 2.24) is 9.03 Å². The maximum atomic E-state index is 13.0. The molecule has 1 aromatic rings. The summed E-state index contributed by atoms with van der Waals surface area (Å²) >= 11 is 0. The van der Waals surface area contributed by atoms with Gasteiger partial charge in [0.2, 0.25) is 0 Å². The van der Waals surface area contributed by atoms with Gasteiger partial charge in [0.15, 0.2) is 0 Å². The molecule has 0 bridgehead atoms. The van der Waals surface area contributed by atoms with Gasteiger partial charge < -0.3 is 0 Å². The fraction of sp³-hybridized carbons (Fsp3) is 0.600. The summed E-state index contributed by atoms with van der Waals surface area (Å²) in [6.07, 6.45) is -9.55. The molecular formula is C15H18F6N2O2S. The van der Waals surface area contributed by atoms with Crippen LogP contribution in [0, 0.1) is 0 Å². The Morgan fingerprint density at radius 2 is 1.54 bits per heavy atom. The monoisotopic (exact) mass is 404 g/mol. The molecule has 0 saturated carbocycles. The number of benzene rings is 1. The fourth-order valence-electron chi connectivity index (χ4n) is 3.01. The smallest absolute Gasteiger partial charge is 0.195 e. The lowest BCUT2D eigenvalue weighted by atomic mass is 9.95. The average molecular weight is 404 g/mol. The van der Waals surface area contributed by atoms with E-state index in [1.54, 1.807) is 13.8 Å². The molecule has 4 nitrogen and oxygen atoms in total. The maximum absolute atomic E-state index is 13.0. The number of hydrogen-bond donors (Lipinski definition) is 1. The molecule has 1 fully saturated rings. The lowest BCUT2D eigenvalue weighted by Gasteiger charge is -2.26. The molecule has 1 unspecified atom stereocenters. The van der Waals surface area contributed by atoms with Gasteiger partial charge in [-0.15, -0.1) is 0 Å². The average Bonchev–Trinajstić information content (AvgIpc) is 2.74. The second-order valence-corrected chi connectivity index (χ2v) is 7.88. The first-order valence-corrected chi connectivity index (χ1v) is 9.22. The minimum absolute atomic E-state index is 0.0179. The Bertz CT molecular complexity index is 743. The number of nitrogens with zero attached hydrogens (tertiary/aromatic N) is 1. The molecule has 0 radical (unpaired) electrons. The molecule has 0 spiro atoms. The van der Waals surface area contributed by atoms with Crippen molar-refractivity contribution in [2.75, 3.05) is 0 Å². The molecule has 1 aliphatic heterocycles. The molecule has 1 aromatic carbocycles. The van der Waals surface area contributed by atoms with E-state index < -0.39 is 51.8 Å². The Kier molecular flexibility index (Phi) is 5.39. The largest absolute Gasteiger partial charge is 0.416 e. The van der Waals surface area contributed by atoms with Gasteiger partial charge in [-0.05, 0) is 44.0 Å². The van der Waals surface area contributed by atoms with Crippen LogP contribution < -0.4 is 4.72 Å². The van der Waals surface area contributed by atoms with Crippen molar-refractivity contribution < 1.29 is 34.8 Å². The second-order valence-electron chi connectivity index (χ2n) is 6.27. The Balaban J connectivity index is 2.58. The van der Waals surface area contributed by atoms with Crippen molar-refractivity contribution in [1.29, 1.82) is 0 Å². The van der Waals surface area contributed by atoms with Crippen molar-refractivity contribution >= 4 is 10.2 Å². The van der Waals surface area contributed by atoms with Crippen LogP contribution in [0.4, 0.5) is 26.3 Å². The van der Waals surface area contributed by atoms with E-state index in [1.165, 1.54) is 6.92 Å². The molecule has 1 N–H and O–H groups in total. The van der Waals surface area contributed by atoms with Gasteiger partial charge in [-0.1, -0.05) is 6.92 Å². The zero-order valence-corrected chi connectivity index (χ0v) is 14.9. The lowest BCUT2D eigenvalue weighted by molar-refractivity contribution is -0.143. The van der Waals surface area contributed by atoms with E-state index in [4.69, 9.17) is 0 Å². The van der Waals surface area contributed by atoms with E-state index in [1.807, 2.05) is 0 Å². The van der Waals surface area contributed by atoms with Gasteiger partial charge in [0.05, 0.1) is 17.2 Å². The molecule has 0 aromatic heterocycles. The Hall–Kier alpha value is -1.33. The third-order valence-corrected chi connectivity index (χ3v) is 6.23. The maximum Gasteiger partial charge on any atom is 0.416 e. The summed E-state index contributed by atoms with van der Waals surface area (Å²) in [5.41, 5.74) is -3.33. The topological polar surface area (TPSA) is 49.4 Å². The number of nitrogens with one attached hydrogen (secondary N) is 1. The van der Waals surface area contributed by atoms with Gasteiger partial charge in [0.1, 0.15) is 0 Å². The standard InChI is InChI=1S/C15H18F6N2O2S/c1-4-8(2)23-9(3)13(22-26(23,24)25)10-5-11(14(16,17)18)7-12(6-10)15(19,20)21/h5-9,13,22H,4H2,1-3H3/t8?,9-,13-/m0/s1. The molecule has 1 heterocycles. The van der Waals surface area contributed by atoms with Crippen molar-refractivity contribution in [3.05, 3.63) is 34.9 Å². The van der Waals surface area contributed by atoms with Crippen LogP contribution in [0.1, 0.15) is 49.9 Å². The highest BCUT2D eigenvalue weighted by atomic mass is 32.2. The van der Waals surface area contributed by atoms with Crippen LogP contribution in [-0.2, 0) is 22.6 Å². The van der Waals surface area contributed by atoms with Crippen LogP contribution in [0.25, 0.3) is 0 Å². The Labute approximate surface area is 147 Å². The predicted octanol–water partition coefficient (Wildman–Crippen LogP) is 4.10. The summed E-state index contributed by atoms with van der Waals surface area (Å²) in [7, 11) is -4.02. The first kappa shape index (κ1) is 21.0. The summed E-state index contributed by atoms with van der Waals surface area (Å²) in [6, 6.07) is -1.40. The van der Waals surface area contributed by atoms with Crippen molar-refractivity contribution in [2.45, 2.75) is 57.7 Å². The Morgan fingerprint density at radius 3 is 1.92 bits per heavy atom. The molecule has 3 atom stereocenters. The third-order valence-electron chi connectivity index (χ3n) is 4.43. The van der Waals surface area contributed by atoms with E-state index in [0.717, 1.165) is 4.31 Å². The van der Waals surface area contributed by atoms with Gasteiger partial charge in [-0.25, -0.2) is 0 Å². The number of alkyl halides is 6. The van der Waals surface area contributed by atoms with Crippen molar-refractivity contribution in [3.8, 4) is 0 Å². The molecule has 26 heavy (non-hydrogen) atoms. The van der Waals surface area contributed by atoms with E-state index in [0.29, 0.717) is 18.6 Å². The van der Waals surface area contributed by atoms with E-state index in [-0.39, 0.29) is 11.6 Å². The first-order valence-electron chi connectivity index (χ1n) is 7.78. The number of halogens is 6. The fourth-order valence-corrected chi connectivity index (χ4v) is 4.97. The van der Waals surface area contributed by atoms with E-state index in [2.05, 4.69) is 4.72 Å². The van der Waals surface area contributed by atoms with E-state index in [9.17, 15) is 34.8 Å². The second kappa shape index (κ2) is 6.68. The van der Waals surface area contributed by atoms with Gasteiger partial charge >= 0.3 is 12.4 Å². The first-order chi connectivity index (χ1) is 11.7. The molecule has 11 heteroatoms. The van der Waals surface area contributed by atoms with Crippen LogP contribution in [0.2, 0.25) is 0 Å². The Morgan fingerprint density at radius 1 is 1.08 bits per heavy atom. The molecule has 0 aliphatic carbocycles. The quantitative estimate of drug-likeness (QED) is 0.772. The lowest BCUT2D eigenvalue weighted by Crippen LogP contribution is -2.40. The summed E-state index contributed by atoms with van der Waals surface area (Å²) in [5, 5.41) is 0. The highest BCUT2D eigenvalue weighted by Gasteiger charge is 2.46. The molecule has 0 amide bonds. The van der Waals surface area contributed by atoms with Gasteiger partial charge in [0.25, 0.3) is 10.2 Å². The summed E-state index contributed by atoms with van der Waals surface area (Å²) in [6.45, 7) is 4.79. The van der Waals surface area contributed by atoms with E-state index >= 15 is 0 Å². The summed E-state index contributed by atoms with van der Waals surface area (Å²) in [4.78, 5) is 0. The van der Waals surface area contributed by atoms with Crippen LogP contribution in [-0.4, -0.2) is 24.8 Å². The van der Waals surface area contributed by atoms with Crippen molar-refractivity contribution in [2.24, 2.45) is 0 Å². The van der Waals surface area contributed by atoms with Gasteiger partial charge in [-0.2, -0.15) is 43.8 Å². The SMILES string of the molecule is CCC(C)N1[C@@H](C)[C@@H](c2cc(C(F)(F)F)cc(C(F)(F)F)c2)NS1(=O)=O. The molecule has 148 valence electrons. The van der Waals surface area contributed by atoms with Gasteiger partial charge in [0, 0.05) is 12.1 Å². The third kappa shape index (κ3) is 3.99. The molecule has 2 rings (SSSR count).